The van der Waals surface area contributed by atoms with Gasteiger partial charge in [-0.3, -0.25) is 4.79 Å². The topological polar surface area (TPSA) is 48.0 Å². The van der Waals surface area contributed by atoms with Crippen LogP contribution in [0.2, 0.25) is 0 Å². The molecule has 0 fully saturated rings. The van der Waals surface area contributed by atoms with E-state index in [9.17, 15) is 18.0 Å². The van der Waals surface area contributed by atoms with Gasteiger partial charge in [0, 0.05) is 26.9 Å². The third-order valence-corrected chi connectivity index (χ3v) is 4.66. The number of halogens is 3. The van der Waals surface area contributed by atoms with Crippen molar-refractivity contribution in [1.82, 2.24) is 5.06 Å². The van der Waals surface area contributed by atoms with Crippen molar-refractivity contribution in [3.8, 4) is 17.2 Å². The first-order valence-corrected chi connectivity index (χ1v) is 10.3. The van der Waals surface area contributed by atoms with Gasteiger partial charge < -0.3 is 14.3 Å². The van der Waals surface area contributed by atoms with E-state index in [2.05, 4.69) is 0 Å². The molecule has 0 heterocycles. The van der Waals surface area contributed by atoms with Crippen LogP contribution >= 0.6 is 0 Å². The van der Waals surface area contributed by atoms with Crippen molar-refractivity contribution < 1.29 is 32.3 Å². The minimum absolute atomic E-state index is 0.0918. The van der Waals surface area contributed by atoms with E-state index in [0.29, 0.717) is 24.5 Å². The normalized spacial score (nSPS) is 12.3. The fourth-order valence-corrected chi connectivity index (χ4v) is 3.15. The maximum absolute atomic E-state index is 12.9. The van der Waals surface area contributed by atoms with Gasteiger partial charge >= 0.3 is 12.1 Å². The number of rotatable bonds is 9. The monoisotopic (exact) mass is 459 g/mol. The fourth-order valence-electron chi connectivity index (χ4n) is 3.15. The van der Waals surface area contributed by atoms with E-state index in [1.165, 1.54) is 24.1 Å². The number of hydroxylamine groups is 2. The summed E-state index contributed by atoms with van der Waals surface area (Å²) >= 11 is 0. The summed E-state index contributed by atoms with van der Waals surface area (Å²) in [6, 6.07) is 21.0. The fraction of sp³-hybridized carbons (Fsp3) is 0.240. The Morgan fingerprint density at radius 2 is 1.58 bits per heavy atom. The number of benzene rings is 3. The molecule has 3 rings (SSSR count). The van der Waals surface area contributed by atoms with Crippen LogP contribution < -0.4 is 9.47 Å². The summed E-state index contributed by atoms with van der Waals surface area (Å²) in [7, 11) is 1.67. The Labute approximate surface area is 190 Å². The molecule has 3 aromatic carbocycles. The molecule has 3 aromatic rings. The molecule has 0 radical (unpaired) electrons. The van der Waals surface area contributed by atoms with Gasteiger partial charge in [0.15, 0.2) is 0 Å². The summed E-state index contributed by atoms with van der Waals surface area (Å²) < 4.78 is 50.4. The van der Waals surface area contributed by atoms with Crippen LogP contribution in [0.4, 0.5) is 13.2 Å². The molecule has 0 aliphatic heterocycles. The lowest BCUT2D eigenvalue weighted by Crippen LogP contribution is -2.25. The molecular weight excluding hydrogens is 435 g/mol. The largest absolute Gasteiger partial charge is 0.486 e. The first-order valence-electron chi connectivity index (χ1n) is 10.3. The van der Waals surface area contributed by atoms with Crippen LogP contribution in [0.25, 0.3) is 0 Å². The van der Waals surface area contributed by atoms with Gasteiger partial charge in [-0.25, -0.2) is 0 Å². The Morgan fingerprint density at radius 3 is 2.21 bits per heavy atom. The summed E-state index contributed by atoms with van der Waals surface area (Å²) in [5.41, 5.74) is 0.183. The molecule has 0 saturated heterocycles. The van der Waals surface area contributed by atoms with Crippen LogP contribution in [0.1, 0.15) is 30.6 Å². The van der Waals surface area contributed by atoms with Crippen LogP contribution in [0, 0.1) is 0 Å². The third kappa shape index (κ3) is 7.54. The second kappa shape index (κ2) is 10.9. The molecule has 0 aliphatic rings. The maximum Gasteiger partial charge on any atom is 0.416 e. The Kier molecular flexibility index (Phi) is 7.95. The number of carbonyl (C=O) groups is 1. The average Bonchev–Trinajstić information content (AvgIpc) is 2.77. The zero-order valence-corrected chi connectivity index (χ0v) is 18.2. The minimum Gasteiger partial charge on any atom is -0.486 e. The average molecular weight is 459 g/mol. The highest BCUT2D eigenvalue weighted by atomic mass is 19.4. The van der Waals surface area contributed by atoms with Crippen molar-refractivity contribution in [2.75, 3.05) is 13.6 Å². The lowest BCUT2D eigenvalue weighted by Gasteiger charge is -2.22. The van der Waals surface area contributed by atoms with E-state index < -0.39 is 17.7 Å². The molecule has 8 heteroatoms. The zero-order valence-electron chi connectivity index (χ0n) is 18.2. The van der Waals surface area contributed by atoms with Gasteiger partial charge in [-0.15, -0.1) is 5.06 Å². The number of hydrogen-bond acceptors (Lipinski definition) is 5. The zero-order chi connectivity index (χ0) is 23.8. The van der Waals surface area contributed by atoms with E-state index in [0.717, 1.165) is 17.7 Å². The Morgan fingerprint density at radius 1 is 0.909 bits per heavy atom. The van der Waals surface area contributed by atoms with E-state index in [1.807, 2.05) is 30.3 Å². The molecule has 1 unspecified atom stereocenters. The highest BCUT2D eigenvalue weighted by molar-refractivity contribution is 5.65. The molecule has 0 aromatic heterocycles. The smallest absolute Gasteiger partial charge is 0.416 e. The van der Waals surface area contributed by atoms with Crippen molar-refractivity contribution in [2.24, 2.45) is 0 Å². The van der Waals surface area contributed by atoms with E-state index in [4.69, 9.17) is 14.3 Å². The van der Waals surface area contributed by atoms with Gasteiger partial charge in [0.1, 0.15) is 23.4 Å². The number of carbonyl (C=O) groups excluding carboxylic acids is 1. The molecule has 0 saturated carbocycles. The van der Waals surface area contributed by atoms with Crippen molar-refractivity contribution in [1.29, 1.82) is 0 Å². The standard InChI is InChI=1S/C25H24F3NO4/c1-18(30)33-29(2)16-15-24(19-7-4-3-5-8-19)32-22-13-11-21(12-14-22)31-23-10-6-9-20(17-23)25(26,27)28/h3-14,17,24H,15-16H2,1-2H3. The van der Waals surface area contributed by atoms with Crippen molar-refractivity contribution >= 4 is 5.97 Å². The molecular formula is C25H24F3NO4. The summed E-state index contributed by atoms with van der Waals surface area (Å²) in [6.45, 7) is 1.79. The molecule has 0 spiro atoms. The Bertz CT molecular complexity index is 1040. The van der Waals surface area contributed by atoms with E-state index in [-0.39, 0.29) is 11.9 Å². The van der Waals surface area contributed by atoms with E-state index in [1.54, 1.807) is 31.3 Å². The lowest BCUT2D eigenvalue weighted by atomic mass is 10.1. The number of hydrogen-bond donors (Lipinski definition) is 0. The van der Waals surface area contributed by atoms with Gasteiger partial charge in [-0.1, -0.05) is 36.4 Å². The van der Waals surface area contributed by atoms with Crippen molar-refractivity contribution in [3.63, 3.8) is 0 Å². The molecule has 0 N–H and O–H groups in total. The van der Waals surface area contributed by atoms with Crippen molar-refractivity contribution in [2.45, 2.75) is 25.6 Å². The number of alkyl halides is 3. The van der Waals surface area contributed by atoms with Crippen LogP contribution in [0.3, 0.4) is 0 Å². The third-order valence-electron chi connectivity index (χ3n) is 4.66. The summed E-state index contributed by atoms with van der Waals surface area (Å²) in [6.07, 6.45) is -4.19. The van der Waals surface area contributed by atoms with Crippen LogP contribution in [-0.4, -0.2) is 24.6 Å². The van der Waals surface area contributed by atoms with Gasteiger partial charge in [-0.05, 0) is 48.0 Å². The highest BCUT2D eigenvalue weighted by Crippen LogP contribution is 2.33. The molecule has 174 valence electrons. The number of ether oxygens (including phenoxy) is 2. The maximum atomic E-state index is 12.9. The predicted octanol–water partition coefficient (Wildman–Crippen LogP) is 6.42. The van der Waals surface area contributed by atoms with Crippen molar-refractivity contribution in [3.05, 3.63) is 90.0 Å². The first-order chi connectivity index (χ1) is 15.7. The quantitative estimate of drug-likeness (QED) is 0.346. The van der Waals surface area contributed by atoms with Gasteiger partial charge in [0.25, 0.3) is 0 Å². The van der Waals surface area contributed by atoms with Gasteiger partial charge in [0.05, 0.1) is 5.56 Å². The predicted molar refractivity (Wildman–Crippen MR) is 117 cm³/mol. The molecule has 0 aliphatic carbocycles. The number of nitrogens with zero attached hydrogens (tertiary/aromatic N) is 1. The van der Waals surface area contributed by atoms with Crippen LogP contribution in [-0.2, 0) is 15.8 Å². The summed E-state index contributed by atoms with van der Waals surface area (Å²) in [5, 5.41) is 1.45. The minimum atomic E-state index is -4.44. The van der Waals surface area contributed by atoms with Crippen LogP contribution in [0.15, 0.2) is 78.9 Å². The molecule has 0 bridgehead atoms. The lowest BCUT2D eigenvalue weighted by molar-refractivity contribution is -0.182. The van der Waals surface area contributed by atoms with E-state index >= 15 is 0 Å². The Balaban J connectivity index is 1.68. The molecule has 0 amide bonds. The molecule has 5 nitrogen and oxygen atoms in total. The summed E-state index contributed by atoms with van der Waals surface area (Å²) in [4.78, 5) is 16.2. The second-order valence-corrected chi connectivity index (χ2v) is 7.34. The second-order valence-electron chi connectivity index (χ2n) is 7.34. The molecule has 33 heavy (non-hydrogen) atoms. The van der Waals surface area contributed by atoms with Crippen LogP contribution in [0.5, 0.6) is 17.2 Å². The first kappa shape index (κ1) is 24.1. The highest BCUT2D eigenvalue weighted by Gasteiger charge is 2.30. The Hall–Kier alpha value is -3.52. The summed E-state index contributed by atoms with van der Waals surface area (Å²) in [5.74, 6) is 0.642. The molecule has 1 atom stereocenters. The SMILES string of the molecule is CC(=O)ON(C)CCC(Oc1ccc(Oc2cccc(C(F)(F)F)c2)cc1)c1ccccc1. The van der Waals surface area contributed by atoms with Gasteiger partial charge in [0.2, 0.25) is 0 Å². The van der Waals surface area contributed by atoms with Gasteiger partial charge in [-0.2, -0.15) is 13.2 Å².